The highest BCUT2D eigenvalue weighted by Crippen LogP contribution is 2.30. The summed E-state index contributed by atoms with van der Waals surface area (Å²) in [6, 6.07) is 4.77. The van der Waals surface area contributed by atoms with Gasteiger partial charge < -0.3 is 15.4 Å². The molecule has 0 unspecified atom stereocenters. The number of ether oxygens (including phenoxy) is 1. The first-order valence-electron chi connectivity index (χ1n) is 6.90. The fraction of sp³-hybridized carbons (Fsp3) is 0.600. The van der Waals surface area contributed by atoms with Gasteiger partial charge in [0, 0.05) is 38.5 Å². The third-order valence-corrected chi connectivity index (χ3v) is 3.84. The third kappa shape index (κ3) is 3.45. The summed E-state index contributed by atoms with van der Waals surface area (Å²) in [5, 5.41) is 0. The minimum Gasteiger partial charge on any atom is -0.384 e. The zero-order chi connectivity index (χ0) is 13.8. The van der Waals surface area contributed by atoms with Crippen molar-refractivity contribution in [2.75, 3.05) is 31.7 Å². The van der Waals surface area contributed by atoms with E-state index in [1.54, 1.807) is 13.2 Å². The Hall–Kier alpha value is -1.13. The highest BCUT2D eigenvalue weighted by atomic mass is 19.1. The van der Waals surface area contributed by atoms with Crippen molar-refractivity contribution in [3.8, 4) is 0 Å². The summed E-state index contributed by atoms with van der Waals surface area (Å²) in [4.78, 5) is 2.31. The van der Waals surface area contributed by atoms with Crippen molar-refractivity contribution in [2.24, 2.45) is 11.7 Å². The van der Waals surface area contributed by atoms with Gasteiger partial charge in [-0.3, -0.25) is 0 Å². The summed E-state index contributed by atoms with van der Waals surface area (Å²) in [6.07, 6.45) is 2.23. The summed E-state index contributed by atoms with van der Waals surface area (Å²) < 4.78 is 18.6. The van der Waals surface area contributed by atoms with Gasteiger partial charge in [0.15, 0.2) is 0 Å². The number of anilines is 1. The van der Waals surface area contributed by atoms with Crippen LogP contribution in [-0.2, 0) is 4.74 Å². The van der Waals surface area contributed by atoms with E-state index in [0.717, 1.165) is 43.8 Å². The molecule has 4 heteroatoms. The van der Waals surface area contributed by atoms with E-state index >= 15 is 0 Å². The van der Waals surface area contributed by atoms with Crippen LogP contribution >= 0.6 is 0 Å². The highest BCUT2D eigenvalue weighted by Gasteiger charge is 2.21. The quantitative estimate of drug-likeness (QED) is 0.910. The number of hydrogen-bond acceptors (Lipinski definition) is 3. The highest BCUT2D eigenvalue weighted by molar-refractivity contribution is 5.55. The van der Waals surface area contributed by atoms with Crippen LogP contribution in [0.5, 0.6) is 0 Å². The van der Waals surface area contributed by atoms with E-state index in [1.807, 2.05) is 13.0 Å². The minimum absolute atomic E-state index is 0.151. The molecule has 2 rings (SSSR count). The zero-order valence-corrected chi connectivity index (χ0v) is 11.7. The topological polar surface area (TPSA) is 38.5 Å². The first-order chi connectivity index (χ1) is 9.11. The maximum atomic E-state index is 13.3. The number of nitrogens with zero attached hydrogens (tertiary/aromatic N) is 1. The number of methoxy groups -OCH3 is 1. The van der Waals surface area contributed by atoms with Crippen LogP contribution in [0.3, 0.4) is 0 Å². The minimum atomic E-state index is -0.217. The first-order valence-corrected chi connectivity index (χ1v) is 6.90. The Bertz CT molecular complexity index is 415. The summed E-state index contributed by atoms with van der Waals surface area (Å²) in [7, 11) is 1.75. The average Bonchev–Trinajstić information content (AvgIpc) is 2.40. The first kappa shape index (κ1) is 14.3. The molecule has 1 atom stereocenters. The molecule has 1 aliphatic heterocycles. The fourth-order valence-corrected chi connectivity index (χ4v) is 2.75. The molecule has 0 radical (unpaired) electrons. The monoisotopic (exact) mass is 266 g/mol. The van der Waals surface area contributed by atoms with E-state index in [0.29, 0.717) is 5.92 Å². The molecule has 1 fully saturated rings. The average molecular weight is 266 g/mol. The van der Waals surface area contributed by atoms with Gasteiger partial charge in [-0.15, -0.1) is 0 Å². The Balaban J connectivity index is 2.11. The van der Waals surface area contributed by atoms with Crippen LogP contribution in [-0.4, -0.2) is 26.8 Å². The molecular formula is C15H23FN2O. The van der Waals surface area contributed by atoms with Crippen LogP contribution in [0.25, 0.3) is 0 Å². The lowest BCUT2D eigenvalue weighted by molar-refractivity contribution is 0.139. The van der Waals surface area contributed by atoms with Crippen molar-refractivity contribution < 1.29 is 9.13 Å². The van der Waals surface area contributed by atoms with Gasteiger partial charge in [-0.25, -0.2) is 4.39 Å². The second-order valence-electron chi connectivity index (χ2n) is 5.38. The fourth-order valence-electron chi connectivity index (χ4n) is 2.75. The van der Waals surface area contributed by atoms with Gasteiger partial charge in [0.2, 0.25) is 0 Å². The van der Waals surface area contributed by atoms with Gasteiger partial charge in [-0.05, 0) is 49.4 Å². The summed E-state index contributed by atoms with van der Waals surface area (Å²) in [5.74, 6) is 0.422. The SMILES string of the molecule is COCC1CCN(c2ccc(F)cc2[C@@H](C)N)CC1. The molecule has 0 amide bonds. The van der Waals surface area contributed by atoms with Gasteiger partial charge >= 0.3 is 0 Å². The van der Waals surface area contributed by atoms with Gasteiger partial charge in [0.25, 0.3) is 0 Å². The largest absolute Gasteiger partial charge is 0.384 e. The second-order valence-corrected chi connectivity index (χ2v) is 5.38. The maximum absolute atomic E-state index is 13.3. The Labute approximate surface area is 114 Å². The molecule has 1 aliphatic rings. The molecule has 0 bridgehead atoms. The number of rotatable bonds is 4. The molecule has 106 valence electrons. The van der Waals surface area contributed by atoms with Crippen molar-refractivity contribution in [1.29, 1.82) is 0 Å². The second kappa shape index (κ2) is 6.35. The normalized spacial score (nSPS) is 18.6. The molecule has 0 spiro atoms. The van der Waals surface area contributed by atoms with E-state index in [-0.39, 0.29) is 11.9 Å². The van der Waals surface area contributed by atoms with Crippen LogP contribution in [0.15, 0.2) is 18.2 Å². The van der Waals surface area contributed by atoms with Gasteiger partial charge in [0.05, 0.1) is 0 Å². The summed E-state index contributed by atoms with van der Waals surface area (Å²) in [5.41, 5.74) is 7.92. The van der Waals surface area contributed by atoms with Crippen LogP contribution < -0.4 is 10.6 Å². The van der Waals surface area contributed by atoms with E-state index in [9.17, 15) is 4.39 Å². The predicted molar refractivity (Wildman–Crippen MR) is 75.8 cm³/mol. The Kier molecular flexibility index (Phi) is 4.77. The number of benzene rings is 1. The lowest BCUT2D eigenvalue weighted by atomic mass is 9.96. The number of piperidine rings is 1. The van der Waals surface area contributed by atoms with Crippen molar-refractivity contribution in [3.05, 3.63) is 29.6 Å². The molecule has 2 N–H and O–H groups in total. The maximum Gasteiger partial charge on any atom is 0.123 e. The summed E-state index contributed by atoms with van der Waals surface area (Å²) >= 11 is 0. The molecule has 0 aliphatic carbocycles. The van der Waals surface area contributed by atoms with Crippen LogP contribution in [0.2, 0.25) is 0 Å². The van der Waals surface area contributed by atoms with Crippen LogP contribution in [0.4, 0.5) is 10.1 Å². The molecular weight excluding hydrogens is 243 g/mol. The van der Waals surface area contributed by atoms with Crippen molar-refractivity contribution >= 4 is 5.69 Å². The molecule has 1 heterocycles. The van der Waals surface area contributed by atoms with Crippen molar-refractivity contribution in [3.63, 3.8) is 0 Å². The summed E-state index contributed by atoms with van der Waals surface area (Å²) in [6.45, 7) is 4.70. The van der Waals surface area contributed by atoms with E-state index in [4.69, 9.17) is 10.5 Å². The van der Waals surface area contributed by atoms with Gasteiger partial charge in [-0.1, -0.05) is 0 Å². The van der Waals surface area contributed by atoms with Gasteiger partial charge in [0.1, 0.15) is 5.82 Å². The number of halogens is 1. The predicted octanol–water partition coefficient (Wildman–Crippen LogP) is 2.71. The van der Waals surface area contributed by atoms with E-state index in [2.05, 4.69) is 4.90 Å². The standard InChI is InChI=1S/C15H23FN2O/c1-11(17)14-9-13(16)3-4-15(14)18-7-5-12(6-8-18)10-19-2/h3-4,9,11-12H,5-8,10,17H2,1-2H3/t11-/m1/s1. The lowest BCUT2D eigenvalue weighted by Crippen LogP contribution is -2.36. The molecule has 1 saturated heterocycles. The van der Waals surface area contributed by atoms with Crippen molar-refractivity contribution in [1.82, 2.24) is 0 Å². The Morgan fingerprint density at radius 1 is 1.42 bits per heavy atom. The Morgan fingerprint density at radius 2 is 2.11 bits per heavy atom. The van der Waals surface area contributed by atoms with E-state index in [1.165, 1.54) is 6.07 Å². The van der Waals surface area contributed by atoms with Crippen molar-refractivity contribution in [2.45, 2.75) is 25.8 Å². The number of hydrogen-bond donors (Lipinski definition) is 1. The number of nitrogens with two attached hydrogens (primary N) is 1. The molecule has 19 heavy (non-hydrogen) atoms. The molecule has 0 aromatic heterocycles. The third-order valence-electron chi connectivity index (χ3n) is 3.84. The molecule has 3 nitrogen and oxygen atoms in total. The Morgan fingerprint density at radius 3 is 2.68 bits per heavy atom. The van der Waals surface area contributed by atoms with Gasteiger partial charge in [-0.2, -0.15) is 0 Å². The van der Waals surface area contributed by atoms with Crippen LogP contribution in [0, 0.1) is 11.7 Å². The molecule has 1 aromatic carbocycles. The molecule has 1 aromatic rings. The smallest absolute Gasteiger partial charge is 0.123 e. The van der Waals surface area contributed by atoms with E-state index < -0.39 is 0 Å². The lowest BCUT2D eigenvalue weighted by Gasteiger charge is -2.35. The van der Waals surface area contributed by atoms with Crippen LogP contribution in [0.1, 0.15) is 31.4 Å². The zero-order valence-electron chi connectivity index (χ0n) is 11.7. The molecule has 0 saturated carbocycles.